The maximum absolute atomic E-state index is 12.5. The minimum Gasteiger partial charge on any atom is -0.460 e. The van der Waals surface area contributed by atoms with Gasteiger partial charge in [0, 0.05) is 32.7 Å². The van der Waals surface area contributed by atoms with Gasteiger partial charge in [0.1, 0.15) is 5.60 Å². The molecule has 1 saturated heterocycles. The molecule has 4 nitrogen and oxygen atoms in total. The van der Waals surface area contributed by atoms with Crippen molar-refractivity contribution in [2.75, 3.05) is 19.8 Å². The van der Waals surface area contributed by atoms with Crippen LogP contribution in [0.5, 0.6) is 0 Å². The van der Waals surface area contributed by atoms with Crippen molar-refractivity contribution in [1.82, 2.24) is 0 Å². The number of halogens is 1. The summed E-state index contributed by atoms with van der Waals surface area (Å²) in [5.41, 5.74) is -0.784. The molecule has 0 spiro atoms. The molecular weight excluding hydrogens is 288 g/mol. The number of ketones is 1. The third-order valence-electron chi connectivity index (χ3n) is 2.96. The largest absolute Gasteiger partial charge is 0.460 e. The topological polar surface area (TPSA) is 48.7 Å². The van der Waals surface area contributed by atoms with E-state index in [1.165, 1.54) is 6.26 Å². The van der Waals surface area contributed by atoms with E-state index in [4.69, 9.17) is 13.9 Å². The highest BCUT2D eigenvalue weighted by Gasteiger charge is 2.43. The van der Waals surface area contributed by atoms with Crippen LogP contribution < -0.4 is 0 Å². The fraction of sp³-hybridized carbons (Fsp3) is 0.583. The molecule has 94 valence electrons. The first kappa shape index (κ1) is 12.8. The number of rotatable bonds is 4. The summed E-state index contributed by atoms with van der Waals surface area (Å²) in [6.45, 7) is 3.49. The molecule has 0 atom stereocenters. The van der Waals surface area contributed by atoms with Crippen molar-refractivity contribution in [3.8, 4) is 0 Å². The molecule has 5 heteroatoms. The molecule has 0 aliphatic carbocycles. The lowest BCUT2D eigenvalue weighted by Gasteiger charge is -2.34. The average Bonchev–Trinajstić information content (AvgIpc) is 2.76. The van der Waals surface area contributed by atoms with Gasteiger partial charge in [-0.2, -0.15) is 0 Å². The predicted octanol–water partition coefficient (Wildman–Crippen LogP) is 2.81. The van der Waals surface area contributed by atoms with Gasteiger partial charge in [0.15, 0.2) is 5.76 Å². The predicted molar refractivity (Wildman–Crippen MR) is 65.1 cm³/mol. The third-order valence-corrected chi connectivity index (χ3v) is 3.58. The number of hydrogen-bond acceptors (Lipinski definition) is 4. The Morgan fingerprint density at radius 1 is 1.53 bits per heavy atom. The molecule has 0 saturated carbocycles. The number of hydrogen-bond donors (Lipinski definition) is 0. The van der Waals surface area contributed by atoms with Crippen molar-refractivity contribution in [2.24, 2.45) is 0 Å². The lowest BCUT2D eigenvalue weighted by atomic mass is 9.88. The van der Waals surface area contributed by atoms with E-state index >= 15 is 0 Å². The van der Waals surface area contributed by atoms with Crippen LogP contribution >= 0.6 is 15.9 Å². The zero-order valence-electron chi connectivity index (χ0n) is 9.70. The number of furan rings is 1. The normalized spacial score (nSPS) is 19.2. The number of carbonyl (C=O) groups excluding carboxylic acids is 1. The van der Waals surface area contributed by atoms with Crippen molar-refractivity contribution >= 4 is 21.7 Å². The van der Waals surface area contributed by atoms with Crippen molar-refractivity contribution < 1.29 is 18.7 Å². The van der Waals surface area contributed by atoms with E-state index in [0.29, 0.717) is 42.9 Å². The van der Waals surface area contributed by atoms with Gasteiger partial charge in [0.2, 0.25) is 5.78 Å². The summed E-state index contributed by atoms with van der Waals surface area (Å²) < 4.78 is 16.9. The lowest BCUT2D eigenvalue weighted by molar-refractivity contribution is -0.0832. The second kappa shape index (κ2) is 5.33. The smallest absolute Gasteiger partial charge is 0.231 e. The van der Waals surface area contributed by atoms with Crippen LogP contribution in [0.4, 0.5) is 0 Å². The molecule has 0 radical (unpaired) electrons. The van der Waals surface area contributed by atoms with E-state index in [1.54, 1.807) is 6.07 Å². The average molecular weight is 303 g/mol. The van der Waals surface area contributed by atoms with E-state index < -0.39 is 5.60 Å². The third kappa shape index (κ3) is 2.46. The summed E-state index contributed by atoms with van der Waals surface area (Å²) in [5, 5.41) is 0. The monoisotopic (exact) mass is 302 g/mol. The first-order chi connectivity index (χ1) is 8.19. The van der Waals surface area contributed by atoms with Crippen LogP contribution in [-0.2, 0) is 9.47 Å². The molecule has 0 aromatic carbocycles. The van der Waals surface area contributed by atoms with Gasteiger partial charge in [-0.3, -0.25) is 4.79 Å². The minimum absolute atomic E-state index is 0.0977. The Morgan fingerprint density at radius 2 is 2.24 bits per heavy atom. The second-order valence-electron chi connectivity index (χ2n) is 3.97. The summed E-state index contributed by atoms with van der Waals surface area (Å²) in [5.74, 6) is 0.236. The maximum Gasteiger partial charge on any atom is 0.231 e. The molecule has 2 rings (SSSR count). The molecule has 17 heavy (non-hydrogen) atoms. The molecule has 1 aromatic rings. The Labute approximate surface area is 108 Å². The Morgan fingerprint density at radius 3 is 2.76 bits per heavy atom. The Hall–Kier alpha value is -0.650. The lowest BCUT2D eigenvalue weighted by Crippen LogP contribution is -2.46. The molecule has 1 aliphatic rings. The highest BCUT2D eigenvalue weighted by molar-refractivity contribution is 9.10. The summed E-state index contributed by atoms with van der Waals surface area (Å²) in [6.07, 6.45) is 2.65. The Kier molecular flexibility index (Phi) is 4.01. The van der Waals surface area contributed by atoms with Gasteiger partial charge in [0.05, 0.1) is 10.7 Å². The quantitative estimate of drug-likeness (QED) is 0.803. The second-order valence-corrected chi connectivity index (χ2v) is 4.82. The fourth-order valence-electron chi connectivity index (χ4n) is 2.08. The molecular formula is C12H15BrO4. The van der Waals surface area contributed by atoms with Crippen LogP contribution in [0.2, 0.25) is 0 Å². The molecule has 0 unspecified atom stereocenters. The van der Waals surface area contributed by atoms with Gasteiger partial charge in [-0.25, -0.2) is 0 Å². The zero-order chi connectivity index (χ0) is 12.3. The minimum atomic E-state index is -0.784. The van der Waals surface area contributed by atoms with Crippen molar-refractivity contribution in [3.05, 3.63) is 22.6 Å². The number of carbonyl (C=O) groups is 1. The molecule has 1 aliphatic heterocycles. The van der Waals surface area contributed by atoms with Crippen LogP contribution in [0, 0.1) is 0 Å². The van der Waals surface area contributed by atoms with Gasteiger partial charge in [-0.05, 0) is 28.9 Å². The van der Waals surface area contributed by atoms with Crippen LogP contribution in [0.1, 0.15) is 30.3 Å². The van der Waals surface area contributed by atoms with Crippen LogP contribution in [-0.4, -0.2) is 31.2 Å². The maximum atomic E-state index is 12.5. The van der Waals surface area contributed by atoms with Crippen LogP contribution in [0.25, 0.3) is 0 Å². The summed E-state index contributed by atoms with van der Waals surface area (Å²) in [7, 11) is 0. The highest BCUT2D eigenvalue weighted by atomic mass is 79.9. The first-order valence-corrected chi connectivity index (χ1v) is 6.48. The molecule has 0 bridgehead atoms. The SMILES string of the molecule is CCOC1(C(=O)c2occc2Br)CCOCC1. The summed E-state index contributed by atoms with van der Waals surface area (Å²) in [4.78, 5) is 12.5. The fourth-order valence-corrected chi connectivity index (χ4v) is 2.46. The molecule has 2 heterocycles. The van der Waals surface area contributed by atoms with Crippen molar-refractivity contribution in [2.45, 2.75) is 25.4 Å². The zero-order valence-corrected chi connectivity index (χ0v) is 11.3. The summed E-state index contributed by atoms with van der Waals surface area (Å²) in [6, 6.07) is 1.71. The van der Waals surface area contributed by atoms with Crippen LogP contribution in [0.3, 0.4) is 0 Å². The van der Waals surface area contributed by atoms with Gasteiger partial charge in [0.25, 0.3) is 0 Å². The van der Waals surface area contributed by atoms with Gasteiger partial charge < -0.3 is 13.9 Å². The van der Waals surface area contributed by atoms with Crippen molar-refractivity contribution in [3.63, 3.8) is 0 Å². The van der Waals surface area contributed by atoms with Gasteiger partial charge in [-0.1, -0.05) is 0 Å². The van der Waals surface area contributed by atoms with Crippen molar-refractivity contribution in [1.29, 1.82) is 0 Å². The standard InChI is InChI=1S/C12H15BrO4/c1-2-17-12(4-7-15-8-5-12)11(14)10-9(13)3-6-16-10/h3,6H,2,4-5,7-8H2,1H3. The van der Waals surface area contributed by atoms with E-state index in [9.17, 15) is 4.79 Å². The molecule has 0 N–H and O–H groups in total. The first-order valence-electron chi connectivity index (χ1n) is 5.69. The Balaban J connectivity index is 2.27. The Bertz CT molecular complexity index is 387. The number of Topliss-reactive ketones (excluding diaryl/α,β-unsaturated/α-hetero) is 1. The van der Waals surface area contributed by atoms with E-state index in [1.807, 2.05) is 6.92 Å². The number of ether oxygens (including phenoxy) is 2. The highest BCUT2D eigenvalue weighted by Crippen LogP contribution is 2.32. The summed E-state index contributed by atoms with van der Waals surface area (Å²) >= 11 is 3.31. The molecule has 0 amide bonds. The van der Waals surface area contributed by atoms with Gasteiger partial charge in [-0.15, -0.1) is 0 Å². The molecule has 1 fully saturated rings. The van der Waals surface area contributed by atoms with E-state index in [2.05, 4.69) is 15.9 Å². The molecule has 1 aromatic heterocycles. The van der Waals surface area contributed by atoms with Gasteiger partial charge >= 0.3 is 0 Å². The van der Waals surface area contributed by atoms with Crippen LogP contribution in [0.15, 0.2) is 21.2 Å². The van der Waals surface area contributed by atoms with E-state index in [0.717, 1.165) is 0 Å². The van der Waals surface area contributed by atoms with E-state index in [-0.39, 0.29) is 5.78 Å².